The predicted molar refractivity (Wildman–Crippen MR) is 128 cm³/mol. The fraction of sp³-hybridized carbons (Fsp3) is 0.391. The minimum atomic E-state index is -0.150. The zero-order chi connectivity index (χ0) is 22.5. The van der Waals surface area contributed by atoms with Crippen molar-refractivity contribution in [1.82, 2.24) is 9.88 Å². The molecule has 32 heavy (non-hydrogen) atoms. The van der Waals surface area contributed by atoms with Crippen LogP contribution in [0.1, 0.15) is 13.8 Å². The molecule has 0 saturated carbocycles. The summed E-state index contributed by atoms with van der Waals surface area (Å²) in [6.45, 7) is 8.30. The SMILES string of the molecule is CCN(CC)CCN(C(=O)COc1ccc(Cl)cc1)c1nc2cc3c(cc2s1)OCCO3. The Hall–Kier alpha value is -2.55. The van der Waals surface area contributed by atoms with E-state index in [1.165, 1.54) is 11.3 Å². The van der Waals surface area contributed by atoms with Crippen LogP contribution in [0.5, 0.6) is 17.2 Å². The van der Waals surface area contributed by atoms with E-state index in [0.29, 0.717) is 47.2 Å². The van der Waals surface area contributed by atoms with Gasteiger partial charge in [-0.1, -0.05) is 36.8 Å². The summed E-state index contributed by atoms with van der Waals surface area (Å²) in [5, 5.41) is 1.26. The van der Waals surface area contributed by atoms with Crippen molar-refractivity contribution in [3.8, 4) is 17.2 Å². The third-order valence-corrected chi connectivity index (χ3v) is 6.58. The highest BCUT2D eigenvalue weighted by molar-refractivity contribution is 7.22. The van der Waals surface area contributed by atoms with Gasteiger partial charge in [-0.15, -0.1) is 0 Å². The largest absolute Gasteiger partial charge is 0.486 e. The zero-order valence-electron chi connectivity index (χ0n) is 18.2. The second kappa shape index (κ2) is 10.4. The van der Waals surface area contributed by atoms with E-state index in [4.69, 9.17) is 30.8 Å². The van der Waals surface area contributed by atoms with Crippen LogP contribution in [0.3, 0.4) is 0 Å². The first-order chi connectivity index (χ1) is 15.6. The van der Waals surface area contributed by atoms with Crippen molar-refractivity contribution in [3.63, 3.8) is 0 Å². The molecule has 2 heterocycles. The molecule has 0 unspecified atom stereocenters. The molecule has 0 fully saturated rings. The van der Waals surface area contributed by atoms with Crippen molar-refractivity contribution in [2.24, 2.45) is 0 Å². The van der Waals surface area contributed by atoms with Crippen molar-refractivity contribution >= 4 is 44.2 Å². The minimum Gasteiger partial charge on any atom is -0.486 e. The van der Waals surface area contributed by atoms with Gasteiger partial charge >= 0.3 is 0 Å². The molecule has 170 valence electrons. The average Bonchev–Trinajstić information content (AvgIpc) is 3.22. The topological polar surface area (TPSA) is 64.1 Å². The molecule has 7 nitrogen and oxygen atoms in total. The number of likely N-dealkylation sites (N-methyl/N-ethyl adjacent to an activating group) is 1. The summed E-state index contributed by atoms with van der Waals surface area (Å²) in [5.74, 6) is 1.85. The molecule has 0 atom stereocenters. The maximum absolute atomic E-state index is 13.2. The van der Waals surface area contributed by atoms with Gasteiger partial charge in [0.05, 0.1) is 10.2 Å². The molecule has 1 aromatic heterocycles. The molecular formula is C23H26ClN3O4S. The molecule has 0 radical (unpaired) electrons. The molecule has 0 spiro atoms. The van der Waals surface area contributed by atoms with E-state index in [1.54, 1.807) is 29.2 Å². The number of thiazole rings is 1. The number of carbonyl (C=O) groups excluding carboxylic acids is 1. The monoisotopic (exact) mass is 475 g/mol. The summed E-state index contributed by atoms with van der Waals surface area (Å²) < 4.78 is 18.0. The van der Waals surface area contributed by atoms with Crippen LogP contribution in [0.2, 0.25) is 5.02 Å². The summed E-state index contributed by atoms with van der Waals surface area (Å²) in [6, 6.07) is 10.8. The second-order valence-corrected chi connectivity index (χ2v) is 8.72. The molecule has 3 aromatic rings. The first-order valence-electron chi connectivity index (χ1n) is 10.7. The first-order valence-corrected chi connectivity index (χ1v) is 11.9. The number of amides is 1. The number of halogens is 1. The van der Waals surface area contributed by atoms with Gasteiger partial charge in [-0.05, 0) is 37.4 Å². The number of hydrogen-bond acceptors (Lipinski definition) is 7. The molecule has 4 rings (SSSR count). The van der Waals surface area contributed by atoms with Crippen molar-refractivity contribution in [1.29, 1.82) is 0 Å². The van der Waals surface area contributed by atoms with Gasteiger partial charge < -0.3 is 19.1 Å². The lowest BCUT2D eigenvalue weighted by Gasteiger charge is -2.24. The van der Waals surface area contributed by atoms with E-state index in [0.717, 1.165) is 29.9 Å². The standard InChI is InChI=1S/C23H26ClN3O4S/c1-3-26(4-2)9-10-27(22(28)15-31-17-7-5-16(24)6-8-17)23-25-18-13-19-20(14-21(18)32-23)30-12-11-29-19/h5-8,13-14H,3-4,9-12,15H2,1-2H3. The summed E-state index contributed by atoms with van der Waals surface area (Å²) in [4.78, 5) is 21.9. The van der Waals surface area contributed by atoms with Gasteiger partial charge in [-0.25, -0.2) is 4.98 Å². The second-order valence-electron chi connectivity index (χ2n) is 7.27. The lowest BCUT2D eigenvalue weighted by Crippen LogP contribution is -2.41. The number of ether oxygens (including phenoxy) is 3. The van der Waals surface area contributed by atoms with Crippen molar-refractivity contribution in [2.45, 2.75) is 13.8 Å². The summed E-state index contributed by atoms with van der Waals surface area (Å²) in [7, 11) is 0. The maximum atomic E-state index is 13.2. The maximum Gasteiger partial charge on any atom is 0.266 e. The van der Waals surface area contributed by atoms with Gasteiger partial charge in [0, 0.05) is 30.2 Å². The Morgan fingerprint density at radius 3 is 2.47 bits per heavy atom. The quantitative estimate of drug-likeness (QED) is 0.455. The average molecular weight is 476 g/mol. The highest BCUT2D eigenvalue weighted by Gasteiger charge is 2.23. The third-order valence-electron chi connectivity index (χ3n) is 5.28. The van der Waals surface area contributed by atoms with Crippen LogP contribution < -0.4 is 19.1 Å². The summed E-state index contributed by atoms with van der Waals surface area (Å²) in [6.07, 6.45) is 0. The normalized spacial score (nSPS) is 12.9. The van der Waals surface area contributed by atoms with Crippen LogP contribution in [-0.4, -0.2) is 61.8 Å². The molecular weight excluding hydrogens is 450 g/mol. The molecule has 1 aliphatic rings. The molecule has 9 heteroatoms. The number of aromatic nitrogens is 1. The minimum absolute atomic E-state index is 0.0848. The Morgan fingerprint density at radius 2 is 1.78 bits per heavy atom. The number of hydrogen-bond donors (Lipinski definition) is 0. The molecule has 0 aliphatic carbocycles. The number of carbonyl (C=O) groups is 1. The molecule has 1 amide bonds. The Bertz CT molecular complexity index is 1030. The van der Waals surface area contributed by atoms with Gasteiger partial charge in [-0.3, -0.25) is 9.69 Å². The third kappa shape index (κ3) is 5.26. The Balaban J connectivity index is 1.56. The smallest absolute Gasteiger partial charge is 0.266 e. The molecule has 0 bridgehead atoms. The molecule has 0 saturated heterocycles. The zero-order valence-corrected chi connectivity index (χ0v) is 19.7. The van der Waals surface area contributed by atoms with Crippen molar-refractivity contribution in [3.05, 3.63) is 41.4 Å². The van der Waals surface area contributed by atoms with Crippen molar-refractivity contribution < 1.29 is 19.0 Å². The van der Waals surface area contributed by atoms with Crippen LogP contribution >= 0.6 is 22.9 Å². The Labute approximate surface area is 196 Å². The van der Waals surface area contributed by atoms with Gasteiger partial charge in [0.1, 0.15) is 19.0 Å². The van der Waals surface area contributed by atoms with E-state index in [2.05, 4.69) is 18.7 Å². The van der Waals surface area contributed by atoms with Crippen LogP contribution in [-0.2, 0) is 4.79 Å². The number of anilines is 1. The van der Waals surface area contributed by atoms with Crippen LogP contribution in [0.25, 0.3) is 10.2 Å². The molecule has 1 aliphatic heterocycles. The van der Waals surface area contributed by atoms with E-state index in [-0.39, 0.29) is 12.5 Å². The number of fused-ring (bicyclic) bond motifs is 2. The first kappa shape index (κ1) is 22.6. The van der Waals surface area contributed by atoms with Gasteiger partial charge in [0.2, 0.25) is 0 Å². The fourth-order valence-corrected chi connectivity index (χ4v) is 4.58. The Morgan fingerprint density at radius 1 is 1.09 bits per heavy atom. The lowest BCUT2D eigenvalue weighted by molar-refractivity contribution is -0.120. The highest BCUT2D eigenvalue weighted by atomic mass is 35.5. The summed E-state index contributed by atoms with van der Waals surface area (Å²) in [5.41, 5.74) is 0.786. The fourth-order valence-electron chi connectivity index (χ4n) is 3.43. The lowest BCUT2D eigenvalue weighted by atomic mass is 10.3. The van der Waals surface area contributed by atoms with Gasteiger partial charge in [0.15, 0.2) is 23.2 Å². The highest BCUT2D eigenvalue weighted by Crippen LogP contribution is 2.38. The number of benzene rings is 2. The van der Waals surface area contributed by atoms with Crippen molar-refractivity contribution in [2.75, 3.05) is 50.9 Å². The van der Waals surface area contributed by atoms with Crippen LogP contribution in [0.15, 0.2) is 36.4 Å². The number of nitrogens with zero attached hydrogens (tertiary/aromatic N) is 3. The Kier molecular flexibility index (Phi) is 7.34. The van der Waals surface area contributed by atoms with Gasteiger partial charge in [-0.2, -0.15) is 0 Å². The van der Waals surface area contributed by atoms with Crippen LogP contribution in [0, 0.1) is 0 Å². The van der Waals surface area contributed by atoms with E-state index < -0.39 is 0 Å². The van der Waals surface area contributed by atoms with E-state index in [1.807, 2.05) is 12.1 Å². The number of rotatable bonds is 9. The predicted octanol–water partition coefficient (Wildman–Crippen LogP) is 4.47. The summed E-state index contributed by atoms with van der Waals surface area (Å²) >= 11 is 7.39. The molecule has 0 N–H and O–H groups in total. The van der Waals surface area contributed by atoms with Crippen LogP contribution in [0.4, 0.5) is 5.13 Å². The van der Waals surface area contributed by atoms with E-state index in [9.17, 15) is 4.79 Å². The molecule has 2 aromatic carbocycles. The van der Waals surface area contributed by atoms with Gasteiger partial charge in [0.25, 0.3) is 5.91 Å². The van der Waals surface area contributed by atoms with E-state index >= 15 is 0 Å².